The van der Waals surface area contributed by atoms with Crippen molar-refractivity contribution in [3.63, 3.8) is 0 Å². The fourth-order valence-electron chi connectivity index (χ4n) is 1.58. The molecule has 11 heavy (non-hydrogen) atoms. The number of aryl methyl sites for hydroxylation is 1. The van der Waals surface area contributed by atoms with Crippen molar-refractivity contribution in [2.75, 3.05) is 6.54 Å². The zero-order valence-electron chi connectivity index (χ0n) is 6.96. The summed E-state index contributed by atoms with van der Waals surface area (Å²) in [6.45, 7) is 6.22. The highest BCUT2D eigenvalue weighted by Crippen LogP contribution is 2.14. The quantitative estimate of drug-likeness (QED) is 0.596. The van der Waals surface area contributed by atoms with Gasteiger partial charge >= 0.3 is 0 Å². The van der Waals surface area contributed by atoms with E-state index >= 15 is 0 Å². The van der Waals surface area contributed by atoms with Crippen LogP contribution in [-0.4, -0.2) is 16.3 Å². The summed E-state index contributed by atoms with van der Waals surface area (Å²) in [5.41, 5.74) is 2.43. The van der Waals surface area contributed by atoms with E-state index in [9.17, 15) is 0 Å². The number of fused-ring (bicyclic) bond motifs is 1. The second-order valence-corrected chi connectivity index (χ2v) is 3.20. The average Bonchev–Trinajstić information content (AvgIpc) is 2.31. The maximum atomic E-state index is 4.41. The fourth-order valence-corrected chi connectivity index (χ4v) is 1.58. The van der Waals surface area contributed by atoms with E-state index < -0.39 is 0 Å². The van der Waals surface area contributed by atoms with Gasteiger partial charge in [0.05, 0.1) is 17.4 Å². The van der Waals surface area contributed by atoms with Gasteiger partial charge in [-0.15, -0.1) is 0 Å². The number of aromatic nitrogens is 2. The van der Waals surface area contributed by atoms with Crippen LogP contribution in [0.2, 0.25) is 0 Å². The first-order valence-corrected chi connectivity index (χ1v) is 4.03. The molecule has 0 aromatic carbocycles. The third kappa shape index (κ3) is 1.05. The topological polar surface area (TPSA) is 29.9 Å². The Morgan fingerprint density at radius 1 is 1.73 bits per heavy atom. The molecule has 0 saturated carbocycles. The largest absolute Gasteiger partial charge is 0.309 e. The lowest BCUT2D eigenvalue weighted by atomic mass is 10.2. The van der Waals surface area contributed by atoms with Crippen molar-refractivity contribution in [2.24, 2.45) is 0 Å². The van der Waals surface area contributed by atoms with Crippen molar-refractivity contribution < 1.29 is 0 Å². The van der Waals surface area contributed by atoms with Gasteiger partial charge in [0.25, 0.3) is 0 Å². The van der Waals surface area contributed by atoms with Crippen LogP contribution in [0.1, 0.15) is 24.4 Å². The zero-order valence-corrected chi connectivity index (χ0v) is 6.96. The highest BCUT2D eigenvalue weighted by atomic mass is 15.3. The summed E-state index contributed by atoms with van der Waals surface area (Å²) in [6, 6.07) is 2.65. The Balaban J connectivity index is 2.43. The fraction of sp³-hybridized carbons (Fsp3) is 0.625. The number of rotatable bonds is 0. The first-order chi connectivity index (χ1) is 5.27. The predicted molar refractivity (Wildman–Crippen MR) is 43.4 cm³/mol. The Morgan fingerprint density at radius 2 is 2.55 bits per heavy atom. The van der Waals surface area contributed by atoms with Gasteiger partial charge in [-0.05, 0) is 19.9 Å². The van der Waals surface area contributed by atoms with Crippen LogP contribution in [0, 0.1) is 6.92 Å². The molecule has 3 nitrogen and oxygen atoms in total. The second kappa shape index (κ2) is 2.34. The summed E-state index contributed by atoms with van der Waals surface area (Å²) in [5.74, 6) is 0. The monoisotopic (exact) mass is 151 g/mol. The van der Waals surface area contributed by atoms with E-state index in [1.165, 1.54) is 5.69 Å². The molecule has 0 fully saturated rings. The molecule has 3 heteroatoms. The van der Waals surface area contributed by atoms with Crippen molar-refractivity contribution in [2.45, 2.75) is 26.4 Å². The smallest absolute Gasteiger partial charge is 0.0619 e. The summed E-state index contributed by atoms with van der Waals surface area (Å²) in [4.78, 5) is 0. The first-order valence-electron chi connectivity index (χ1n) is 4.03. The van der Waals surface area contributed by atoms with Gasteiger partial charge in [-0.25, -0.2) is 0 Å². The van der Waals surface area contributed by atoms with Gasteiger partial charge in [-0.2, -0.15) is 5.10 Å². The number of hydrogen-bond acceptors (Lipinski definition) is 2. The Hall–Kier alpha value is -0.830. The maximum Gasteiger partial charge on any atom is 0.0619 e. The van der Waals surface area contributed by atoms with Gasteiger partial charge in [0.1, 0.15) is 0 Å². The number of nitrogens with one attached hydrogen (secondary N) is 1. The molecule has 1 aliphatic rings. The molecular formula is C8H13N3. The average molecular weight is 151 g/mol. The minimum absolute atomic E-state index is 0.507. The molecule has 2 heterocycles. The van der Waals surface area contributed by atoms with E-state index in [1.54, 1.807) is 0 Å². The van der Waals surface area contributed by atoms with Crippen LogP contribution in [0.4, 0.5) is 0 Å². The molecule has 1 aromatic rings. The van der Waals surface area contributed by atoms with Crippen molar-refractivity contribution in [3.8, 4) is 0 Å². The molecule has 0 amide bonds. The highest BCUT2D eigenvalue weighted by molar-refractivity contribution is 5.11. The molecule has 0 spiro atoms. The Kier molecular flexibility index (Phi) is 1.46. The molecule has 0 aliphatic carbocycles. The lowest BCUT2D eigenvalue weighted by Crippen LogP contribution is -2.31. The van der Waals surface area contributed by atoms with Crippen molar-refractivity contribution in [1.29, 1.82) is 0 Å². The Bertz CT molecular complexity index is 264. The molecule has 1 aliphatic heterocycles. The first kappa shape index (κ1) is 6.85. The zero-order chi connectivity index (χ0) is 7.84. The molecule has 0 bridgehead atoms. The highest BCUT2D eigenvalue weighted by Gasteiger charge is 2.15. The maximum absolute atomic E-state index is 4.41. The number of hydrogen-bond donors (Lipinski definition) is 1. The van der Waals surface area contributed by atoms with E-state index in [4.69, 9.17) is 0 Å². The third-order valence-electron chi connectivity index (χ3n) is 2.10. The van der Waals surface area contributed by atoms with Gasteiger partial charge in [0, 0.05) is 13.1 Å². The molecule has 0 radical (unpaired) electrons. The van der Waals surface area contributed by atoms with Crippen molar-refractivity contribution in [1.82, 2.24) is 15.1 Å². The van der Waals surface area contributed by atoms with E-state index in [1.807, 2.05) is 6.92 Å². The SMILES string of the molecule is Cc1cc2n(n1)C(C)CNC2. The standard InChI is InChI=1S/C8H13N3/c1-6-3-8-5-9-4-7(2)11(8)10-6/h3,7,9H,4-5H2,1-2H3. The summed E-state index contributed by atoms with van der Waals surface area (Å²) < 4.78 is 2.12. The van der Waals surface area contributed by atoms with E-state index in [-0.39, 0.29) is 0 Å². The minimum Gasteiger partial charge on any atom is -0.309 e. The van der Waals surface area contributed by atoms with Crippen LogP contribution in [0.15, 0.2) is 6.07 Å². The molecule has 1 atom stereocenters. The lowest BCUT2D eigenvalue weighted by molar-refractivity contribution is 0.391. The lowest BCUT2D eigenvalue weighted by Gasteiger charge is -2.21. The van der Waals surface area contributed by atoms with Crippen molar-refractivity contribution >= 4 is 0 Å². The molecule has 1 N–H and O–H groups in total. The Labute approximate surface area is 66.4 Å². The van der Waals surface area contributed by atoms with Gasteiger partial charge in [0.15, 0.2) is 0 Å². The summed E-state index contributed by atoms with van der Waals surface area (Å²) >= 11 is 0. The summed E-state index contributed by atoms with van der Waals surface area (Å²) in [6.07, 6.45) is 0. The molecule has 0 saturated heterocycles. The van der Waals surface area contributed by atoms with Crippen LogP contribution < -0.4 is 5.32 Å². The van der Waals surface area contributed by atoms with Gasteiger partial charge < -0.3 is 5.32 Å². The van der Waals surface area contributed by atoms with Crippen LogP contribution >= 0.6 is 0 Å². The molecule has 1 aromatic heterocycles. The second-order valence-electron chi connectivity index (χ2n) is 3.20. The van der Waals surface area contributed by atoms with Gasteiger partial charge in [0.2, 0.25) is 0 Å². The van der Waals surface area contributed by atoms with Crippen LogP contribution in [0.5, 0.6) is 0 Å². The molecule has 2 rings (SSSR count). The van der Waals surface area contributed by atoms with Gasteiger partial charge in [-0.3, -0.25) is 4.68 Å². The van der Waals surface area contributed by atoms with E-state index in [0.29, 0.717) is 6.04 Å². The summed E-state index contributed by atoms with van der Waals surface area (Å²) in [5, 5.41) is 7.75. The normalized spacial score (nSPS) is 23.3. The molecule has 60 valence electrons. The van der Waals surface area contributed by atoms with E-state index in [0.717, 1.165) is 18.8 Å². The van der Waals surface area contributed by atoms with Crippen LogP contribution in [-0.2, 0) is 6.54 Å². The van der Waals surface area contributed by atoms with Crippen LogP contribution in [0.25, 0.3) is 0 Å². The minimum atomic E-state index is 0.507. The molecule has 1 unspecified atom stereocenters. The van der Waals surface area contributed by atoms with Gasteiger partial charge in [-0.1, -0.05) is 0 Å². The predicted octanol–water partition coefficient (Wildman–Crippen LogP) is 0.856. The Morgan fingerprint density at radius 3 is 3.27 bits per heavy atom. The molecular weight excluding hydrogens is 138 g/mol. The van der Waals surface area contributed by atoms with E-state index in [2.05, 4.69) is 28.1 Å². The number of nitrogens with zero attached hydrogens (tertiary/aromatic N) is 2. The third-order valence-corrected chi connectivity index (χ3v) is 2.10. The summed E-state index contributed by atoms with van der Waals surface area (Å²) in [7, 11) is 0. The van der Waals surface area contributed by atoms with Crippen LogP contribution in [0.3, 0.4) is 0 Å². The van der Waals surface area contributed by atoms with Crippen molar-refractivity contribution in [3.05, 3.63) is 17.5 Å².